The first-order chi connectivity index (χ1) is 12.9. The van der Waals surface area contributed by atoms with E-state index < -0.39 is 0 Å². The zero-order chi connectivity index (χ0) is 19.4. The van der Waals surface area contributed by atoms with Crippen molar-refractivity contribution in [2.45, 2.75) is 11.7 Å². The summed E-state index contributed by atoms with van der Waals surface area (Å²) in [4.78, 5) is 12.1. The Bertz CT molecular complexity index is 960. The number of carbonyl (C=O) groups is 1. The lowest BCUT2D eigenvalue weighted by atomic mass is 10.2. The molecule has 9 heteroatoms. The van der Waals surface area contributed by atoms with Crippen molar-refractivity contribution in [1.82, 2.24) is 20.1 Å². The summed E-state index contributed by atoms with van der Waals surface area (Å²) < 4.78 is 1.84. The molecule has 1 amide bonds. The van der Waals surface area contributed by atoms with Crippen LogP contribution in [0, 0.1) is 0 Å². The molecule has 0 fully saturated rings. The van der Waals surface area contributed by atoms with E-state index in [9.17, 15) is 4.79 Å². The van der Waals surface area contributed by atoms with Crippen molar-refractivity contribution >= 4 is 52.5 Å². The molecule has 0 saturated carbocycles. The molecule has 1 aromatic heterocycles. The first-order valence-corrected chi connectivity index (χ1v) is 10.0. The van der Waals surface area contributed by atoms with Crippen LogP contribution >= 0.6 is 46.6 Å². The van der Waals surface area contributed by atoms with Gasteiger partial charge in [0, 0.05) is 34.2 Å². The zero-order valence-corrected chi connectivity index (χ0v) is 17.3. The third kappa shape index (κ3) is 5.17. The number of nitrogens with one attached hydrogen (secondary N) is 1. The summed E-state index contributed by atoms with van der Waals surface area (Å²) in [7, 11) is 1.86. The minimum atomic E-state index is -0.123. The van der Waals surface area contributed by atoms with Crippen molar-refractivity contribution in [2.75, 3.05) is 5.75 Å². The van der Waals surface area contributed by atoms with Crippen molar-refractivity contribution in [3.63, 3.8) is 0 Å². The van der Waals surface area contributed by atoms with E-state index in [0.29, 0.717) is 32.6 Å². The molecule has 1 N–H and O–H groups in total. The minimum Gasteiger partial charge on any atom is -0.351 e. The standard InChI is InChI=1S/C18H15Cl3N4OS/c1-25-17(11-2-5-13(19)6-3-11)23-24-18(25)27-10-16(26)22-9-12-4-7-14(20)8-15(12)21/h2-8H,9-10H2,1H3,(H,22,26). The smallest absolute Gasteiger partial charge is 0.230 e. The van der Waals surface area contributed by atoms with E-state index in [1.807, 2.05) is 23.7 Å². The van der Waals surface area contributed by atoms with Crippen LogP contribution in [0.15, 0.2) is 47.6 Å². The van der Waals surface area contributed by atoms with Gasteiger partial charge in [-0.2, -0.15) is 0 Å². The largest absolute Gasteiger partial charge is 0.351 e. The van der Waals surface area contributed by atoms with E-state index in [-0.39, 0.29) is 11.7 Å². The molecule has 0 spiro atoms. The maximum atomic E-state index is 12.1. The lowest BCUT2D eigenvalue weighted by Crippen LogP contribution is -2.24. The van der Waals surface area contributed by atoms with E-state index in [1.54, 1.807) is 30.3 Å². The molecule has 3 rings (SSSR count). The van der Waals surface area contributed by atoms with Gasteiger partial charge in [-0.3, -0.25) is 4.79 Å². The Morgan fingerprint density at radius 2 is 1.78 bits per heavy atom. The Hall–Kier alpha value is -1.73. The Balaban J connectivity index is 1.57. The Morgan fingerprint density at radius 1 is 1.07 bits per heavy atom. The molecule has 3 aromatic rings. The van der Waals surface area contributed by atoms with Crippen LogP contribution in [0.2, 0.25) is 15.1 Å². The number of aromatic nitrogens is 3. The van der Waals surface area contributed by atoms with E-state index in [0.717, 1.165) is 11.1 Å². The highest BCUT2D eigenvalue weighted by Gasteiger charge is 2.13. The first-order valence-electron chi connectivity index (χ1n) is 7.93. The zero-order valence-electron chi connectivity index (χ0n) is 14.2. The summed E-state index contributed by atoms with van der Waals surface area (Å²) in [5, 5.41) is 13.6. The van der Waals surface area contributed by atoms with Crippen LogP contribution in [0.3, 0.4) is 0 Å². The molecule has 0 atom stereocenters. The van der Waals surface area contributed by atoms with E-state index in [4.69, 9.17) is 34.8 Å². The number of hydrogen-bond donors (Lipinski definition) is 1. The van der Waals surface area contributed by atoms with Crippen molar-refractivity contribution in [2.24, 2.45) is 7.05 Å². The van der Waals surface area contributed by atoms with Crippen LogP contribution in [-0.2, 0) is 18.4 Å². The molecular formula is C18H15Cl3N4OS. The lowest BCUT2D eigenvalue weighted by Gasteiger charge is -2.07. The number of amides is 1. The number of rotatable bonds is 6. The van der Waals surface area contributed by atoms with Crippen LogP contribution in [0.4, 0.5) is 0 Å². The Morgan fingerprint density at radius 3 is 2.48 bits per heavy atom. The molecule has 0 saturated heterocycles. The van der Waals surface area contributed by atoms with Crippen molar-refractivity contribution in [3.05, 3.63) is 63.1 Å². The maximum Gasteiger partial charge on any atom is 0.230 e. The molecule has 0 radical (unpaired) electrons. The Labute approximate surface area is 176 Å². The number of carbonyl (C=O) groups excluding carboxylic acids is 1. The highest BCUT2D eigenvalue weighted by Crippen LogP contribution is 2.24. The molecule has 0 bridgehead atoms. The summed E-state index contributed by atoms with van der Waals surface area (Å²) in [5.41, 5.74) is 1.71. The monoisotopic (exact) mass is 440 g/mol. The normalized spacial score (nSPS) is 10.8. The summed E-state index contributed by atoms with van der Waals surface area (Å²) in [6.45, 7) is 0.338. The van der Waals surface area contributed by atoms with Gasteiger partial charge in [-0.25, -0.2) is 0 Å². The van der Waals surface area contributed by atoms with Gasteiger partial charge in [0.1, 0.15) is 0 Å². The summed E-state index contributed by atoms with van der Waals surface area (Å²) in [6.07, 6.45) is 0. The van der Waals surface area contributed by atoms with Crippen LogP contribution in [0.1, 0.15) is 5.56 Å². The topological polar surface area (TPSA) is 59.8 Å². The predicted octanol–water partition coefficient (Wildman–Crippen LogP) is 4.85. The van der Waals surface area contributed by atoms with E-state index >= 15 is 0 Å². The molecule has 0 aliphatic heterocycles. The molecule has 5 nitrogen and oxygen atoms in total. The van der Waals surface area contributed by atoms with Gasteiger partial charge in [0.05, 0.1) is 5.75 Å². The predicted molar refractivity (Wildman–Crippen MR) is 110 cm³/mol. The van der Waals surface area contributed by atoms with Crippen LogP contribution in [0.25, 0.3) is 11.4 Å². The van der Waals surface area contributed by atoms with E-state index in [2.05, 4.69) is 15.5 Å². The summed E-state index contributed by atoms with van der Waals surface area (Å²) in [6, 6.07) is 12.5. The third-order valence-electron chi connectivity index (χ3n) is 3.76. The molecular weight excluding hydrogens is 427 g/mol. The Kier molecular flexibility index (Phi) is 6.65. The molecule has 1 heterocycles. The highest BCUT2D eigenvalue weighted by molar-refractivity contribution is 7.99. The van der Waals surface area contributed by atoms with E-state index in [1.165, 1.54) is 11.8 Å². The maximum absolute atomic E-state index is 12.1. The molecule has 140 valence electrons. The fourth-order valence-electron chi connectivity index (χ4n) is 2.33. The van der Waals surface area contributed by atoms with Gasteiger partial charge in [-0.1, -0.05) is 52.6 Å². The highest BCUT2D eigenvalue weighted by atomic mass is 35.5. The second kappa shape index (κ2) is 8.97. The molecule has 0 aliphatic carbocycles. The van der Waals surface area contributed by atoms with Gasteiger partial charge in [0.15, 0.2) is 11.0 Å². The molecule has 0 aliphatic rings. The number of hydrogen-bond acceptors (Lipinski definition) is 4. The van der Waals surface area contributed by atoms with Gasteiger partial charge in [0.25, 0.3) is 0 Å². The second-order valence-corrected chi connectivity index (χ2v) is 7.90. The van der Waals surface area contributed by atoms with Crippen LogP contribution in [0.5, 0.6) is 0 Å². The first kappa shape index (κ1) is 20.0. The van der Waals surface area contributed by atoms with Gasteiger partial charge in [0.2, 0.25) is 5.91 Å². The van der Waals surface area contributed by atoms with Crippen molar-refractivity contribution in [1.29, 1.82) is 0 Å². The van der Waals surface area contributed by atoms with Gasteiger partial charge in [-0.15, -0.1) is 10.2 Å². The molecule has 0 unspecified atom stereocenters. The number of thioether (sulfide) groups is 1. The lowest BCUT2D eigenvalue weighted by molar-refractivity contribution is -0.118. The number of halogens is 3. The van der Waals surface area contributed by atoms with Crippen LogP contribution in [-0.4, -0.2) is 26.4 Å². The quantitative estimate of drug-likeness (QED) is 0.555. The fraction of sp³-hybridized carbons (Fsp3) is 0.167. The summed E-state index contributed by atoms with van der Waals surface area (Å²) in [5.74, 6) is 0.808. The van der Waals surface area contributed by atoms with Crippen LogP contribution < -0.4 is 5.32 Å². The average molecular weight is 442 g/mol. The van der Waals surface area contributed by atoms with Crippen molar-refractivity contribution < 1.29 is 4.79 Å². The van der Waals surface area contributed by atoms with Crippen molar-refractivity contribution in [3.8, 4) is 11.4 Å². The third-order valence-corrected chi connectivity index (χ3v) is 5.62. The summed E-state index contributed by atoms with van der Waals surface area (Å²) >= 11 is 19.2. The molecule has 27 heavy (non-hydrogen) atoms. The second-order valence-electron chi connectivity index (χ2n) is 5.67. The van der Waals surface area contributed by atoms with Gasteiger partial charge < -0.3 is 9.88 Å². The average Bonchev–Trinajstić information content (AvgIpc) is 3.00. The number of nitrogens with zero attached hydrogens (tertiary/aromatic N) is 3. The van der Waals surface area contributed by atoms with Gasteiger partial charge in [-0.05, 0) is 42.0 Å². The minimum absolute atomic E-state index is 0.123. The van der Waals surface area contributed by atoms with Gasteiger partial charge >= 0.3 is 0 Å². The SMILES string of the molecule is Cn1c(SCC(=O)NCc2ccc(Cl)cc2Cl)nnc1-c1ccc(Cl)cc1. The number of benzene rings is 2. The molecule has 2 aromatic carbocycles. The fourth-order valence-corrected chi connectivity index (χ4v) is 3.67.